The van der Waals surface area contributed by atoms with Crippen LogP contribution in [-0.2, 0) is 0 Å². The largest absolute Gasteiger partial charge is 0.350 e. The van der Waals surface area contributed by atoms with Gasteiger partial charge in [-0.25, -0.2) is 4.68 Å². The van der Waals surface area contributed by atoms with Crippen molar-refractivity contribution in [1.82, 2.24) is 15.1 Å². The van der Waals surface area contributed by atoms with Crippen LogP contribution in [0.4, 0.5) is 0 Å². The first-order valence-corrected chi connectivity index (χ1v) is 9.67. The van der Waals surface area contributed by atoms with Crippen molar-refractivity contribution in [3.8, 4) is 5.69 Å². The Morgan fingerprint density at radius 3 is 2.48 bits per heavy atom. The van der Waals surface area contributed by atoms with Crippen LogP contribution in [0.1, 0.15) is 21.7 Å². The van der Waals surface area contributed by atoms with Crippen molar-refractivity contribution in [2.75, 3.05) is 12.3 Å². The van der Waals surface area contributed by atoms with Crippen molar-refractivity contribution in [1.29, 1.82) is 0 Å². The summed E-state index contributed by atoms with van der Waals surface area (Å²) in [5.41, 5.74) is 2.23. The van der Waals surface area contributed by atoms with Crippen LogP contribution in [0.3, 0.4) is 0 Å². The van der Waals surface area contributed by atoms with E-state index in [2.05, 4.69) is 34.7 Å². The normalized spacial score (nSPS) is 10.6. The molecule has 3 aromatic rings. The molecule has 1 N–H and O–H groups in total. The van der Waals surface area contributed by atoms with Gasteiger partial charge in [-0.3, -0.25) is 9.59 Å². The van der Waals surface area contributed by atoms with Crippen LogP contribution in [0.2, 0.25) is 0 Å². The second kappa shape index (κ2) is 8.68. The number of carbonyl (C=O) groups is 1. The van der Waals surface area contributed by atoms with E-state index in [1.54, 1.807) is 23.4 Å². The first-order chi connectivity index (χ1) is 13.0. The highest BCUT2D eigenvalue weighted by molar-refractivity contribution is 7.99. The summed E-state index contributed by atoms with van der Waals surface area (Å²) < 4.78 is 1.61. The van der Waals surface area contributed by atoms with E-state index in [0.717, 1.165) is 10.6 Å². The number of carbonyl (C=O) groups excluding carboxylic acids is 1. The molecule has 3 rings (SSSR count). The highest BCUT2D eigenvalue weighted by atomic mass is 32.2. The summed E-state index contributed by atoms with van der Waals surface area (Å²) in [6, 6.07) is 19.1. The van der Waals surface area contributed by atoms with Gasteiger partial charge >= 0.3 is 0 Å². The van der Waals surface area contributed by atoms with Gasteiger partial charge in [0.2, 0.25) is 5.43 Å². The number of thioether (sulfide) groups is 1. The molecule has 1 amide bonds. The second-order valence-electron chi connectivity index (χ2n) is 6.16. The van der Waals surface area contributed by atoms with E-state index in [9.17, 15) is 9.59 Å². The van der Waals surface area contributed by atoms with Crippen molar-refractivity contribution in [2.24, 2.45) is 0 Å². The lowest BCUT2D eigenvalue weighted by atomic mass is 10.2. The van der Waals surface area contributed by atoms with Gasteiger partial charge in [0.25, 0.3) is 5.91 Å². The Kier molecular flexibility index (Phi) is 6.08. The van der Waals surface area contributed by atoms with Crippen molar-refractivity contribution >= 4 is 17.7 Å². The first-order valence-electron chi connectivity index (χ1n) is 8.68. The zero-order valence-electron chi connectivity index (χ0n) is 15.3. The number of nitrogens with one attached hydrogen (secondary N) is 1. The molecule has 1 aromatic heterocycles. The molecule has 27 heavy (non-hydrogen) atoms. The van der Waals surface area contributed by atoms with E-state index in [4.69, 9.17) is 0 Å². The number of aromatic nitrogens is 2. The van der Waals surface area contributed by atoms with Crippen LogP contribution in [-0.4, -0.2) is 28.0 Å². The Morgan fingerprint density at radius 1 is 1.07 bits per heavy atom. The highest BCUT2D eigenvalue weighted by Gasteiger charge is 2.14. The average Bonchev–Trinajstić information content (AvgIpc) is 2.67. The lowest BCUT2D eigenvalue weighted by Crippen LogP contribution is -2.33. The molecule has 138 valence electrons. The third-order valence-corrected chi connectivity index (χ3v) is 5.01. The van der Waals surface area contributed by atoms with Gasteiger partial charge in [-0.1, -0.05) is 35.9 Å². The van der Waals surface area contributed by atoms with Crippen LogP contribution >= 0.6 is 11.8 Å². The summed E-state index contributed by atoms with van der Waals surface area (Å²) in [7, 11) is 0. The number of nitrogens with zero attached hydrogens (tertiary/aromatic N) is 2. The van der Waals surface area contributed by atoms with E-state index in [-0.39, 0.29) is 11.1 Å². The molecule has 0 bridgehead atoms. The molecule has 0 fully saturated rings. The molecule has 0 atom stereocenters. The molecule has 1 heterocycles. The van der Waals surface area contributed by atoms with Crippen molar-refractivity contribution in [3.05, 3.63) is 87.8 Å². The number of rotatable bonds is 6. The molecule has 2 aromatic carbocycles. The molecule has 0 aliphatic heterocycles. The minimum absolute atomic E-state index is 0.0928. The molecule has 6 heteroatoms. The van der Waals surface area contributed by atoms with Crippen molar-refractivity contribution < 1.29 is 4.79 Å². The smallest absolute Gasteiger partial charge is 0.275 e. The van der Waals surface area contributed by atoms with Crippen molar-refractivity contribution in [3.63, 3.8) is 0 Å². The molecular weight excluding hydrogens is 358 g/mol. The molecule has 0 saturated carbocycles. The Labute approximate surface area is 162 Å². The summed E-state index contributed by atoms with van der Waals surface area (Å²) >= 11 is 1.65. The lowest BCUT2D eigenvalue weighted by molar-refractivity contribution is 0.0948. The molecule has 0 saturated heterocycles. The third kappa shape index (κ3) is 4.86. The van der Waals surface area contributed by atoms with Gasteiger partial charge in [0, 0.05) is 29.0 Å². The maximum atomic E-state index is 12.4. The van der Waals surface area contributed by atoms with E-state index >= 15 is 0 Å². The average molecular weight is 379 g/mol. The molecular formula is C21H21N3O2S. The summed E-state index contributed by atoms with van der Waals surface area (Å²) in [6.45, 7) is 4.30. The predicted molar refractivity (Wildman–Crippen MR) is 109 cm³/mol. The Hall–Kier alpha value is -2.86. The van der Waals surface area contributed by atoms with E-state index < -0.39 is 5.91 Å². The molecule has 0 spiro atoms. The zero-order chi connectivity index (χ0) is 19.2. The number of hydrogen-bond donors (Lipinski definition) is 1. The van der Waals surface area contributed by atoms with Gasteiger partial charge in [0.1, 0.15) is 0 Å². The van der Waals surface area contributed by atoms with Crippen LogP contribution < -0.4 is 10.7 Å². The molecule has 0 aliphatic carbocycles. The summed E-state index contributed by atoms with van der Waals surface area (Å²) in [4.78, 5) is 25.8. The van der Waals surface area contributed by atoms with E-state index in [1.165, 1.54) is 11.6 Å². The quantitative estimate of drug-likeness (QED) is 0.527. The molecule has 0 unspecified atom stereocenters. The lowest BCUT2D eigenvalue weighted by Gasteiger charge is -2.11. The standard InChI is InChI=1S/C21H21N3O2S/c1-15-8-10-18(11-9-15)27-13-12-22-21(26)20-19(25)14-16(2)24(23-20)17-6-4-3-5-7-17/h3-11,14H,12-13H2,1-2H3,(H,22,26). The van der Waals surface area contributed by atoms with Crippen LogP contribution in [0.15, 0.2) is 70.4 Å². The van der Waals surface area contributed by atoms with Crippen LogP contribution in [0.5, 0.6) is 0 Å². The molecule has 5 nitrogen and oxygen atoms in total. The number of benzene rings is 2. The maximum absolute atomic E-state index is 12.4. The van der Waals surface area contributed by atoms with Gasteiger partial charge in [-0.05, 0) is 38.1 Å². The van der Waals surface area contributed by atoms with E-state index in [0.29, 0.717) is 18.0 Å². The predicted octanol–water partition coefficient (Wildman–Crippen LogP) is 3.37. The number of hydrogen-bond acceptors (Lipinski definition) is 4. The van der Waals surface area contributed by atoms with E-state index in [1.807, 2.05) is 37.3 Å². The van der Waals surface area contributed by atoms with Crippen LogP contribution in [0.25, 0.3) is 5.69 Å². The van der Waals surface area contributed by atoms with Gasteiger partial charge in [-0.2, -0.15) is 5.10 Å². The van der Waals surface area contributed by atoms with Gasteiger partial charge in [-0.15, -0.1) is 11.8 Å². The Balaban J connectivity index is 1.66. The van der Waals surface area contributed by atoms with Crippen LogP contribution in [0, 0.1) is 13.8 Å². The maximum Gasteiger partial charge on any atom is 0.275 e. The fourth-order valence-corrected chi connectivity index (χ4v) is 3.36. The summed E-state index contributed by atoms with van der Waals surface area (Å²) in [5.74, 6) is 0.266. The number of amides is 1. The fourth-order valence-electron chi connectivity index (χ4n) is 2.59. The highest BCUT2D eigenvalue weighted by Crippen LogP contribution is 2.17. The second-order valence-corrected chi connectivity index (χ2v) is 7.33. The number of para-hydroxylation sites is 1. The Morgan fingerprint density at radius 2 is 1.78 bits per heavy atom. The monoisotopic (exact) mass is 379 g/mol. The topological polar surface area (TPSA) is 64.0 Å². The number of aryl methyl sites for hydroxylation is 2. The van der Waals surface area contributed by atoms with Gasteiger partial charge < -0.3 is 5.32 Å². The zero-order valence-corrected chi connectivity index (χ0v) is 16.1. The summed E-state index contributed by atoms with van der Waals surface area (Å²) in [6.07, 6.45) is 0. The summed E-state index contributed by atoms with van der Waals surface area (Å²) in [5, 5.41) is 7.06. The molecule has 0 aliphatic rings. The minimum atomic E-state index is -0.450. The van der Waals surface area contributed by atoms with Gasteiger partial charge in [0.05, 0.1) is 5.69 Å². The minimum Gasteiger partial charge on any atom is -0.350 e. The third-order valence-electron chi connectivity index (χ3n) is 4.00. The Bertz CT molecular complexity index is 983. The fraction of sp³-hybridized carbons (Fsp3) is 0.190. The van der Waals surface area contributed by atoms with Gasteiger partial charge in [0.15, 0.2) is 5.69 Å². The SMILES string of the molecule is Cc1ccc(SCCNC(=O)c2nn(-c3ccccc3)c(C)cc2=O)cc1. The van der Waals surface area contributed by atoms with Crippen molar-refractivity contribution in [2.45, 2.75) is 18.7 Å². The molecule has 0 radical (unpaired) electrons. The first kappa shape index (κ1) is 18.9.